The van der Waals surface area contributed by atoms with E-state index in [9.17, 15) is 9.90 Å². The highest BCUT2D eigenvalue weighted by Crippen LogP contribution is 2.36. The second kappa shape index (κ2) is 10.9. The number of rotatable bonds is 9. The number of amides is 1. The van der Waals surface area contributed by atoms with Gasteiger partial charge in [-0.3, -0.25) is 4.79 Å². The van der Waals surface area contributed by atoms with Crippen LogP contribution < -0.4 is 0 Å². The number of aromatic nitrogens is 1. The van der Waals surface area contributed by atoms with Crippen molar-refractivity contribution in [2.24, 2.45) is 0 Å². The van der Waals surface area contributed by atoms with Gasteiger partial charge in [-0.1, -0.05) is 62.4 Å². The maximum absolute atomic E-state index is 14.1. The average molecular weight is 448 g/mol. The third-order valence-electron chi connectivity index (χ3n) is 6.20. The monoisotopic (exact) mass is 447 g/mol. The topological polar surface area (TPSA) is 56.7 Å². The molecule has 0 spiro atoms. The van der Waals surface area contributed by atoms with Gasteiger partial charge in [0.1, 0.15) is 0 Å². The minimum absolute atomic E-state index is 0.0253. The van der Waals surface area contributed by atoms with E-state index < -0.39 is 6.10 Å². The molecule has 2 aromatic carbocycles. The van der Waals surface area contributed by atoms with Crippen molar-refractivity contribution in [3.05, 3.63) is 65.7 Å². The summed E-state index contributed by atoms with van der Waals surface area (Å²) in [5, 5.41) is 12.4. The lowest BCUT2D eigenvalue weighted by Crippen LogP contribution is -2.43. The summed E-state index contributed by atoms with van der Waals surface area (Å²) in [5.74, 6) is -0.0654. The highest BCUT2D eigenvalue weighted by Gasteiger charge is 2.31. The predicted molar refractivity (Wildman–Crippen MR) is 136 cm³/mol. The molecular weight excluding hydrogens is 410 g/mol. The number of pyridine rings is 1. The van der Waals surface area contributed by atoms with Crippen LogP contribution in [0.15, 0.2) is 54.6 Å². The number of benzene rings is 2. The van der Waals surface area contributed by atoms with Gasteiger partial charge in [0.15, 0.2) is 0 Å². The van der Waals surface area contributed by atoms with Gasteiger partial charge in [-0.25, -0.2) is 4.98 Å². The van der Waals surface area contributed by atoms with Crippen LogP contribution in [-0.4, -0.2) is 57.5 Å². The summed E-state index contributed by atoms with van der Waals surface area (Å²) in [6, 6.07) is 17.7. The van der Waals surface area contributed by atoms with Gasteiger partial charge in [0.05, 0.1) is 22.9 Å². The zero-order valence-corrected chi connectivity index (χ0v) is 20.7. The van der Waals surface area contributed by atoms with Crippen LogP contribution in [0.25, 0.3) is 22.2 Å². The molecule has 3 aromatic rings. The van der Waals surface area contributed by atoms with Gasteiger partial charge >= 0.3 is 0 Å². The highest BCUT2D eigenvalue weighted by molar-refractivity contribution is 6.09. The van der Waals surface area contributed by atoms with Gasteiger partial charge in [-0.15, -0.1) is 0 Å². The lowest BCUT2D eigenvalue weighted by Gasteiger charge is -2.33. The first-order valence-electron chi connectivity index (χ1n) is 12.0. The number of hydrogen-bond donors (Lipinski definition) is 1. The van der Waals surface area contributed by atoms with Crippen LogP contribution in [0.5, 0.6) is 0 Å². The second-order valence-corrected chi connectivity index (χ2v) is 9.03. The third kappa shape index (κ3) is 5.26. The number of para-hydroxylation sites is 1. The van der Waals surface area contributed by atoms with Crippen molar-refractivity contribution in [3.8, 4) is 11.3 Å². The highest BCUT2D eigenvalue weighted by atomic mass is 16.3. The summed E-state index contributed by atoms with van der Waals surface area (Å²) in [5.41, 5.74) is 3.49. The first-order chi connectivity index (χ1) is 15.8. The Morgan fingerprint density at radius 1 is 0.909 bits per heavy atom. The fraction of sp³-hybridized carbons (Fsp3) is 0.429. The van der Waals surface area contributed by atoms with Crippen LogP contribution in [0.3, 0.4) is 0 Å². The molecule has 1 aromatic heterocycles. The van der Waals surface area contributed by atoms with E-state index in [1.54, 1.807) is 0 Å². The summed E-state index contributed by atoms with van der Waals surface area (Å²) in [7, 11) is 0. The standard InChI is InChI=1S/C28H37N3O2/c1-7-30(8-2)18-24(32)26-25(28(33)31(19(3)4)20(5)6)22-16-12-13-17-23(22)29-27(26)21-14-10-9-11-15-21/h9-17,19-20,24,32H,7-8,18H2,1-6H3. The van der Waals surface area contributed by atoms with E-state index in [0.29, 0.717) is 23.4 Å². The smallest absolute Gasteiger partial charge is 0.255 e. The summed E-state index contributed by atoms with van der Waals surface area (Å²) >= 11 is 0. The van der Waals surface area contributed by atoms with E-state index in [2.05, 4.69) is 18.7 Å². The molecule has 0 fully saturated rings. The average Bonchev–Trinajstić information content (AvgIpc) is 2.81. The first-order valence-corrected chi connectivity index (χ1v) is 12.0. The Bertz CT molecular complexity index is 1070. The summed E-state index contributed by atoms with van der Waals surface area (Å²) in [4.78, 5) is 23.2. The molecule has 0 aliphatic heterocycles. The SMILES string of the molecule is CCN(CC)CC(O)c1c(-c2ccccc2)nc2ccccc2c1C(=O)N(C(C)C)C(C)C. The molecule has 0 radical (unpaired) electrons. The fourth-order valence-electron chi connectivity index (χ4n) is 4.61. The number of fused-ring (bicyclic) bond motifs is 1. The second-order valence-electron chi connectivity index (χ2n) is 9.03. The van der Waals surface area contributed by atoms with Gasteiger partial charge in [0.25, 0.3) is 5.91 Å². The molecule has 5 heteroatoms. The molecule has 0 saturated heterocycles. The van der Waals surface area contributed by atoms with Gasteiger partial charge in [-0.2, -0.15) is 0 Å². The largest absolute Gasteiger partial charge is 0.387 e. The molecule has 0 bridgehead atoms. The van der Waals surface area contributed by atoms with Crippen LogP contribution in [0.1, 0.15) is 63.6 Å². The summed E-state index contributed by atoms with van der Waals surface area (Å²) in [6.07, 6.45) is -0.850. The van der Waals surface area contributed by atoms with Crippen molar-refractivity contribution in [3.63, 3.8) is 0 Å². The lowest BCUT2D eigenvalue weighted by molar-refractivity contribution is 0.0634. The molecule has 0 aliphatic rings. The molecule has 1 atom stereocenters. The molecule has 1 N–H and O–H groups in total. The number of hydrogen-bond acceptors (Lipinski definition) is 4. The minimum atomic E-state index is -0.850. The maximum atomic E-state index is 14.1. The Morgan fingerprint density at radius 2 is 1.48 bits per heavy atom. The number of carbonyl (C=O) groups is 1. The molecule has 176 valence electrons. The number of aliphatic hydroxyl groups is 1. The Balaban J connectivity index is 2.37. The molecule has 0 saturated carbocycles. The maximum Gasteiger partial charge on any atom is 0.255 e. The van der Waals surface area contributed by atoms with Crippen molar-refractivity contribution in [1.82, 2.24) is 14.8 Å². The molecular formula is C28H37N3O2. The summed E-state index contributed by atoms with van der Waals surface area (Å²) < 4.78 is 0. The lowest BCUT2D eigenvalue weighted by atomic mass is 9.91. The zero-order chi connectivity index (χ0) is 24.1. The van der Waals surface area contributed by atoms with Crippen LogP contribution >= 0.6 is 0 Å². The van der Waals surface area contributed by atoms with Crippen LogP contribution in [-0.2, 0) is 0 Å². The Morgan fingerprint density at radius 3 is 2.06 bits per heavy atom. The van der Waals surface area contributed by atoms with E-state index in [0.717, 1.165) is 29.6 Å². The van der Waals surface area contributed by atoms with Gasteiger partial charge < -0.3 is 14.9 Å². The van der Waals surface area contributed by atoms with Gasteiger partial charge in [-0.05, 0) is 46.9 Å². The number of nitrogens with zero attached hydrogens (tertiary/aromatic N) is 3. The minimum Gasteiger partial charge on any atom is -0.387 e. The number of aliphatic hydroxyl groups excluding tert-OH is 1. The van der Waals surface area contributed by atoms with Crippen molar-refractivity contribution in [2.45, 2.75) is 59.7 Å². The van der Waals surface area contributed by atoms with Crippen molar-refractivity contribution in [1.29, 1.82) is 0 Å². The van der Waals surface area contributed by atoms with Crippen molar-refractivity contribution in [2.75, 3.05) is 19.6 Å². The fourth-order valence-corrected chi connectivity index (χ4v) is 4.61. The van der Waals surface area contributed by atoms with E-state index in [1.165, 1.54) is 0 Å². The van der Waals surface area contributed by atoms with E-state index in [1.807, 2.05) is 87.2 Å². The van der Waals surface area contributed by atoms with Crippen molar-refractivity contribution < 1.29 is 9.90 Å². The molecule has 3 rings (SSSR count). The van der Waals surface area contributed by atoms with E-state index >= 15 is 0 Å². The molecule has 1 unspecified atom stereocenters. The predicted octanol–water partition coefficient (Wildman–Crippen LogP) is 5.54. The number of carbonyl (C=O) groups excluding carboxylic acids is 1. The zero-order valence-electron chi connectivity index (χ0n) is 20.7. The molecule has 33 heavy (non-hydrogen) atoms. The molecule has 1 heterocycles. The molecule has 1 amide bonds. The normalized spacial score (nSPS) is 12.7. The van der Waals surface area contributed by atoms with Crippen LogP contribution in [0.2, 0.25) is 0 Å². The quantitative estimate of drug-likeness (QED) is 0.468. The van der Waals surface area contributed by atoms with Gasteiger partial charge in [0.2, 0.25) is 0 Å². The van der Waals surface area contributed by atoms with Crippen LogP contribution in [0.4, 0.5) is 0 Å². The first kappa shape index (κ1) is 24.9. The Hall–Kier alpha value is -2.76. The Kier molecular flexibility index (Phi) is 8.22. The number of likely N-dealkylation sites (N-methyl/N-ethyl adjacent to an activating group) is 1. The summed E-state index contributed by atoms with van der Waals surface area (Å²) in [6.45, 7) is 14.4. The van der Waals surface area contributed by atoms with Crippen molar-refractivity contribution >= 4 is 16.8 Å². The molecule has 5 nitrogen and oxygen atoms in total. The Labute approximate surface area is 198 Å². The van der Waals surface area contributed by atoms with E-state index in [4.69, 9.17) is 4.98 Å². The molecule has 0 aliphatic carbocycles. The third-order valence-corrected chi connectivity index (χ3v) is 6.20. The van der Waals surface area contributed by atoms with E-state index in [-0.39, 0.29) is 18.0 Å². The van der Waals surface area contributed by atoms with Crippen LogP contribution in [0, 0.1) is 0 Å². The van der Waals surface area contributed by atoms with Gasteiger partial charge in [0, 0.05) is 35.1 Å².